The second kappa shape index (κ2) is 11.1. The average molecular weight is 473 g/mol. The van der Waals surface area contributed by atoms with Crippen molar-refractivity contribution in [1.29, 1.82) is 0 Å². The minimum atomic E-state index is -3.69. The van der Waals surface area contributed by atoms with E-state index in [0.717, 1.165) is 45.6 Å². The molecule has 2 aliphatic rings. The molecular formula is C24H32N4O4S. The van der Waals surface area contributed by atoms with Crippen molar-refractivity contribution in [3.05, 3.63) is 60.2 Å². The molecule has 9 heteroatoms. The first-order chi connectivity index (χ1) is 16.0. The van der Waals surface area contributed by atoms with Crippen LogP contribution >= 0.6 is 0 Å². The number of anilines is 1. The van der Waals surface area contributed by atoms with Crippen LogP contribution in [-0.2, 0) is 14.8 Å². The number of carbonyl (C=O) groups excluding carboxylic acids is 1. The average Bonchev–Trinajstić information content (AvgIpc) is 3.38. The van der Waals surface area contributed by atoms with Gasteiger partial charge in [0.1, 0.15) is 0 Å². The Bertz CT molecular complexity index is 1020. The lowest BCUT2D eigenvalue weighted by Gasteiger charge is -2.36. The van der Waals surface area contributed by atoms with Gasteiger partial charge in [-0.25, -0.2) is 13.1 Å². The van der Waals surface area contributed by atoms with Gasteiger partial charge in [0, 0.05) is 63.7 Å². The summed E-state index contributed by atoms with van der Waals surface area (Å²) in [6.07, 6.45) is 1.72. The fourth-order valence-corrected chi connectivity index (χ4v) is 5.31. The topological polar surface area (TPSA) is 91.0 Å². The number of nitrogens with one attached hydrogen (secondary N) is 2. The molecule has 0 saturated carbocycles. The summed E-state index contributed by atoms with van der Waals surface area (Å²) < 4.78 is 33.3. The lowest BCUT2D eigenvalue weighted by Crippen LogP contribution is -2.48. The summed E-state index contributed by atoms with van der Waals surface area (Å²) >= 11 is 0. The Balaban J connectivity index is 1.23. The molecule has 8 nitrogen and oxygen atoms in total. The number of hydrogen-bond donors (Lipinski definition) is 2. The molecule has 2 heterocycles. The molecule has 2 fully saturated rings. The summed E-state index contributed by atoms with van der Waals surface area (Å²) in [6, 6.07) is 16.5. The highest BCUT2D eigenvalue weighted by molar-refractivity contribution is 7.89. The van der Waals surface area contributed by atoms with E-state index in [-0.39, 0.29) is 23.5 Å². The predicted molar refractivity (Wildman–Crippen MR) is 128 cm³/mol. The monoisotopic (exact) mass is 472 g/mol. The van der Waals surface area contributed by atoms with E-state index in [1.807, 2.05) is 6.07 Å². The van der Waals surface area contributed by atoms with Gasteiger partial charge in [0.25, 0.3) is 5.91 Å². The Labute approximate surface area is 196 Å². The standard InChI is InChI=1S/C24H32N4O4S/c29-24(25-11-12-27-13-15-28(16-14-27)21-7-2-1-3-8-21)20-6-4-10-23(18-20)33(30,31)26-19-22-9-5-17-32-22/h1-4,6-8,10,18,22,26H,5,9,11-17,19H2,(H,25,29). The van der Waals surface area contributed by atoms with Crippen molar-refractivity contribution in [2.75, 3.05) is 57.3 Å². The first kappa shape index (κ1) is 23.7. The maximum absolute atomic E-state index is 12.6. The van der Waals surface area contributed by atoms with E-state index in [0.29, 0.717) is 18.7 Å². The first-order valence-corrected chi connectivity index (χ1v) is 13.0. The Hall–Kier alpha value is -2.46. The zero-order valence-electron chi connectivity index (χ0n) is 18.8. The molecule has 0 aromatic heterocycles. The Morgan fingerprint density at radius 1 is 1.03 bits per heavy atom. The number of rotatable bonds is 9. The summed E-state index contributed by atoms with van der Waals surface area (Å²) in [5.41, 5.74) is 1.58. The van der Waals surface area contributed by atoms with Gasteiger partial charge < -0.3 is 15.0 Å². The van der Waals surface area contributed by atoms with Gasteiger partial charge in [-0.2, -0.15) is 0 Å². The number of nitrogens with zero attached hydrogens (tertiary/aromatic N) is 2. The van der Waals surface area contributed by atoms with Gasteiger partial charge in [-0.3, -0.25) is 9.69 Å². The van der Waals surface area contributed by atoms with E-state index in [1.165, 1.54) is 17.8 Å². The number of benzene rings is 2. The van der Waals surface area contributed by atoms with E-state index >= 15 is 0 Å². The fourth-order valence-electron chi connectivity index (χ4n) is 4.19. The normalized spacial score (nSPS) is 19.5. The van der Waals surface area contributed by atoms with Crippen LogP contribution in [0.2, 0.25) is 0 Å². The number of para-hydroxylation sites is 1. The largest absolute Gasteiger partial charge is 0.377 e. The van der Waals surface area contributed by atoms with Crippen LogP contribution in [0.25, 0.3) is 0 Å². The predicted octanol–water partition coefficient (Wildman–Crippen LogP) is 1.70. The molecule has 2 aromatic rings. The van der Waals surface area contributed by atoms with Crippen molar-refractivity contribution in [2.45, 2.75) is 23.8 Å². The highest BCUT2D eigenvalue weighted by atomic mass is 32.2. The molecular weight excluding hydrogens is 440 g/mol. The molecule has 1 amide bonds. The number of carbonyl (C=O) groups is 1. The van der Waals surface area contributed by atoms with Gasteiger partial charge in [0.15, 0.2) is 0 Å². The van der Waals surface area contributed by atoms with E-state index in [1.54, 1.807) is 12.1 Å². The third-order valence-corrected chi connectivity index (χ3v) is 7.56. The molecule has 2 aliphatic heterocycles. The molecule has 0 spiro atoms. The van der Waals surface area contributed by atoms with Gasteiger partial charge in [-0.1, -0.05) is 24.3 Å². The van der Waals surface area contributed by atoms with Crippen LogP contribution in [-0.4, -0.2) is 77.7 Å². The van der Waals surface area contributed by atoms with E-state index in [2.05, 4.69) is 44.1 Å². The van der Waals surface area contributed by atoms with Gasteiger partial charge in [-0.15, -0.1) is 0 Å². The third-order valence-electron chi connectivity index (χ3n) is 6.14. The highest BCUT2D eigenvalue weighted by Gasteiger charge is 2.21. The highest BCUT2D eigenvalue weighted by Crippen LogP contribution is 2.16. The van der Waals surface area contributed by atoms with Crippen LogP contribution in [0.15, 0.2) is 59.5 Å². The number of hydrogen-bond acceptors (Lipinski definition) is 6. The molecule has 4 rings (SSSR count). The molecule has 2 N–H and O–H groups in total. The number of sulfonamides is 1. The van der Waals surface area contributed by atoms with Crippen molar-refractivity contribution in [3.63, 3.8) is 0 Å². The third kappa shape index (κ3) is 6.54. The molecule has 1 unspecified atom stereocenters. The number of amides is 1. The molecule has 0 bridgehead atoms. The molecule has 2 saturated heterocycles. The smallest absolute Gasteiger partial charge is 0.251 e. The van der Waals surface area contributed by atoms with Crippen LogP contribution in [0, 0.1) is 0 Å². The maximum Gasteiger partial charge on any atom is 0.251 e. The van der Waals surface area contributed by atoms with Crippen molar-refractivity contribution < 1.29 is 17.9 Å². The summed E-state index contributed by atoms with van der Waals surface area (Å²) in [6.45, 7) is 5.98. The Morgan fingerprint density at radius 3 is 2.55 bits per heavy atom. The maximum atomic E-state index is 12.6. The second-order valence-electron chi connectivity index (χ2n) is 8.43. The Kier molecular flexibility index (Phi) is 7.97. The van der Waals surface area contributed by atoms with Crippen molar-refractivity contribution >= 4 is 21.6 Å². The zero-order valence-corrected chi connectivity index (χ0v) is 19.6. The van der Waals surface area contributed by atoms with Gasteiger partial charge in [0.05, 0.1) is 11.0 Å². The van der Waals surface area contributed by atoms with E-state index in [4.69, 9.17) is 4.74 Å². The fraction of sp³-hybridized carbons (Fsp3) is 0.458. The number of piperazine rings is 1. The first-order valence-electron chi connectivity index (χ1n) is 11.5. The summed E-state index contributed by atoms with van der Waals surface area (Å²) in [5, 5.41) is 2.92. The molecule has 1 atom stereocenters. The summed E-state index contributed by atoms with van der Waals surface area (Å²) in [4.78, 5) is 17.4. The van der Waals surface area contributed by atoms with E-state index in [9.17, 15) is 13.2 Å². The van der Waals surface area contributed by atoms with E-state index < -0.39 is 10.0 Å². The Morgan fingerprint density at radius 2 is 1.82 bits per heavy atom. The molecule has 33 heavy (non-hydrogen) atoms. The van der Waals surface area contributed by atoms with Crippen LogP contribution in [0.4, 0.5) is 5.69 Å². The van der Waals surface area contributed by atoms with Gasteiger partial charge in [-0.05, 0) is 43.2 Å². The van der Waals surface area contributed by atoms with Crippen LogP contribution in [0.5, 0.6) is 0 Å². The van der Waals surface area contributed by atoms with Crippen LogP contribution in [0.1, 0.15) is 23.2 Å². The van der Waals surface area contributed by atoms with Gasteiger partial charge >= 0.3 is 0 Å². The van der Waals surface area contributed by atoms with Crippen LogP contribution < -0.4 is 14.9 Å². The lowest BCUT2D eigenvalue weighted by atomic mass is 10.2. The summed E-state index contributed by atoms with van der Waals surface area (Å²) in [5.74, 6) is -0.269. The molecule has 2 aromatic carbocycles. The van der Waals surface area contributed by atoms with Crippen molar-refractivity contribution in [1.82, 2.24) is 14.9 Å². The number of ether oxygens (including phenoxy) is 1. The minimum Gasteiger partial charge on any atom is -0.377 e. The minimum absolute atomic E-state index is 0.0826. The quantitative estimate of drug-likeness (QED) is 0.577. The van der Waals surface area contributed by atoms with Crippen molar-refractivity contribution in [3.8, 4) is 0 Å². The second-order valence-corrected chi connectivity index (χ2v) is 10.2. The SMILES string of the molecule is O=C(NCCN1CCN(c2ccccc2)CC1)c1cccc(S(=O)(=O)NCC2CCCO2)c1. The zero-order chi connectivity index (χ0) is 23.1. The molecule has 0 radical (unpaired) electrons. The molecule has 178 valence electrons. The molecule has 0 aliphatic carbocycles. The van der Waals surface area contributed by atoms with Crippen LogP contribution in [0.3, 0.4) is 0 Å². The van der Waals surface area contributed by atoms with Crippen molar-refractivity contribution in [2.24, 2.45) is 0 Å². The summed E-state index contributed by atoms with van der Waals surface area (Å²) in [7, 11) is -3.69. The van der Waals surface area contributed by atoms with Gasteiger partial charge in [0.2, 0.25) is 10.0 Å². The lowest BCUT2D eigenvalue weighted by molar-refractivity contribution is 0.0947.